The fraction of sp³-hybridized carbons (Fsp3) is 0.286. The van der Waals surface area contributed by atoms with Gasteiger partial charge in [-0.2, -0.15) is 0 Å². The molecule has 6 nitrogen and oxygen atoms in total. The van der Waals surface area contributed by atoms with Gasteiger partial charge in [-0.1, -0.05) is 5.16 Å². The van der Waals surface area contributed by atoms with Crippen LogP contribution in [0, 0.1) is 6.92 Å². The van der Waals surface area contributed by atoms with E-state index in [9.17, 15) is 9.59 Å². The van der Waals surface area contributed by atoms with Crippen molar-refractivity contribution in [1.82, 2.24) is 10.5 Å². The molecule has 1 heterocycles. The van der Waals surface area contributed by atoms with Crippen LogP contribution in [0.5, 0.6) is 0 Å². The number of carbonyl (C=O) groups is 2. The highest BCUT2D eigenvalue weighted by Gasteiger charge is 2.11. The summed E-state index contributed by atoms with van der Waals surface area (Å²) in [6, 6.07) is 0. The molecule has 13 heavy (non-hydrogen) atoms. The highest BCUT2D eigenvalue weighted by atomic mass is 16.5. The smallest absolute Gasteiger partial charge is 0.394 e. The number of aryl methyl sites for hydroxylation is 1. The van der Waals surface area contributed by atoms with Crippen molar-refractivity contribution in [3.8, 4) is 0 Å². The van der Waals surface area contributed by atoms with E-state index < -0.39 is 11.9 Å². The minimum atomic E-state index is -1.51. The molecule has 1 rings (SSSR count). The summed E-state index contributed by atoms with van der Waals surface area (Å²) in [6.45, 7) is 1.81. The molecular formula is C7H8N2O4. The van der Waals surface area contributed by atoms with E-state index in [-0.39, 0.29) is 6.54 Å². The molecular weight excluding hydrogens is 176 g/mol. The van der Waals surface area contributed by atoms with Crippen molar-refractivity contribution in [2.24, 2.45) is 0 Å². The Labute approximate surface area is 73.5 Å². The molecule has 1 aromatic rings. The second-order valence-corrected chi connectivity index (χ2v) is 2.41. The standard InChI is InChI=1S/C7H8N2O4/c1-4-5(3-13-9-4)2-8-6(10)7(11)12/h3H,2H2,1H3,(H,8,10)(H,11,12). The quantitative estimate of drug-likeness (QED) is 0.614. The number of carbonyl (C=O) groups excluding carboxylic acids is 1. The number of amides is 1. The van der Waals surface area contributed by atoms with Crippen LogP contribution in [0.4, 0.5) is 0 Å². The lowest BCUT2D eigenvalue weighted by atomic mass is 10.3. The number of carboxylic acids is 1. The van der Waals surface area contributed by atoms with E-state index in [4.69, 9.17) is 5.11 Å². The lowest BCUT2D eigenvalue weighted by molar-refractivity contribution is -0.150. The molecule has 0 atom stereocenters. The first kappa shape index (κ1) is 9.24. The summed E-state index contributed by atoms with van der Waals surface area (Å²) in [5, 5.41) is 14.0. The molecule has 1 amide bonds. The number of carboxylic acid groups (broad SMARTS) is 1. The molecule has 0 spiro atoms. The molecule has 0 fully saturated rings. The van der Waals surface area contributed by atoms with Gasteiger partial charge in [-0.25, -0.2) is 4.79 Å². The molecule has 0 unspecified atom stereocenters. The van der Waals surface area contributed by atoms with Gasteiger partial charge in [0.25, 0.3) is 0 Å². The molecule has 0 aromatic carbocycles. The van der Waals surface area contributed by atoms with Crippen LogP contribution in [-0.2, 0) is 16.1 Å². The van der Waals surface area contributed by atoms with Gasteiger partial charge in [-0.3, -0.25) is 4.79 Å². The van der Waals surface area contributed by atoms with E-state index in [1.807, 2.05) is 0 Å². The van der Waals surface area contributed by atoms with Crippen molar-refractivity contribution >= 4 is 11.9 Å². The average molecular weight is 184 g/mol. The van der Waals surface area contributed by atoms with Gasteiger partial charge in [-0.15, -0.1) is 0 Å². The largest absolute Gasteiger partial charge is 0.474 e. The van der Waals surface area contributed by atoms with Crippen LogP contribution in [0.25, 0.3) is 0 Å². The molecule has 0 saturated carbocycles. The summed E-state index contributed by atoms with van der Waals surface area (Å²) < 4.78 is 4.59. The SMILES string of the molecule is Cc1nocc1CNC(=O)C(=O)O. The summed E-state index contributed by atoms with van der Waals surface area (Å²) in [5.41, 5.74) is 1.29. The third-order valence-electron chi connectivity index (χ3n) is 1.48. The second-order valence-electron chi connectivity index (χ2n) is 2.41. The number of rotatable bonds is 2. The van der Waals surface area contributed by atoms with E-state index in [1.165, 1.54) is 6.26 Å². The van der Waals surface area contributed by atoms with Crippen LogP contribution in [0.3, 0.4) is 0 Å². The average Bonchev–Trinajstić information content (AvgIpc) is 2.47. The van der Waals surface area contributed by atoms with Gasteiger partial charge in [0.2, 0.25) is 0 Å². The Bertz CT molecular complexity index is 331. The van der Waals surface area contributed by atoms with Crippen LogP contribution in [-0.4, -0.2) is 22.1 Å². The molecule has 0 aliphatic rings. The number of nitrogens with one attached hydrogen (secondary N) is 1. The Morgan fingerprint density at radius 3 is 2.85 bits per heavy atom. The van der Waals surface area contributed by atoms with Gasteiger partial charge in [0.05, 0.1) is 5.69 Å². The highest BCUT2D eigenvalue weighted by molar-refractivity contribution is 6.31. The fourth-order valence-corrected chi connectivity index (χ4v) is 0.734. The zero-order valence-corrected chi connectivity index (χ0v) is 6.90. The van der Waals surface area contributed by atoms with Crippen molar-refractivity contribution in [3.05, 3.63) is 17.5 Å². The zero-order valence-electron chi connectivity index (χ0n) is 6.90. The van der Waals surface area contributed by atoms with Gasteiger partial charge in [0.15, 0.2) is 0 Å². The summed E-state index contributed by atoms with van der Waals surface area (Å²) >= 11 is 0. The molecule has 0 saturated heterocycles. The van der Waals surface area contributed by atoms with E-state index in [2.05, 4.69) is 15.0 Å². The van der Waals surface area contributed by atoms with Gasteiger partial charge in [-0.05, 0) is 6.92 Å². The number of aliphatic carboxylic acids is 1. The van der Waals surface area contributed by atoms with E-state index in [0.717, 1.165) is 0 Å². The topological polar surface area (TPSA) is 92.4 Å². The van der Waals surface area contributed by atoms with E-state index >= 15 is 0 Å². The molecule has 70 valence electrons. The molecule has 2 N–H and O–H groups in total. The van der Waals surface area contributed by atoms with Gasteiger partial charge in [0.1, 0.15) is 6.26 Å². The predicted molar refractivity (Wildman–Crippen MR) is 40.7 cm³/mol. The zero-order chi connectivity index (χ0) is 9.84. The lowest BCUT2D eigenvalue weighted by Crippen LogP contribution is -2.30. The maximum atomic E-state index is 10.6. The summed E-state index contributed by atoms with van der Waals surface area (Å²) in [7, 11) is 0. The highest BCUT2D eigenvalue weighted by Crippen LogP contribution is 2.03. The van der Waals surface area contributed by atoms with E-state index in [1.54, 1.807) is 6.92 Å². The van der Waals surface area contributed by atoms with Crippen LogP contribution in [0.2, 0.25) is 0 Å². The van der Waals surface area contributed by atoms with Crippen molar-refractivity contribution in [1.29, 1.82) is 0 Å². The number of hydrogen-bond donors (Lipinski definition) is 2. The first-order valence-corrected chi connectivity index (χ1v) is 3.52. The minimum Gasteiger partial charge on any atom is -0.474 e. The molecule has 0 aliphatic heterocycles. The molecule has 0 aliphatic carbocycles. The Balaban J connectivity index is 2.48. The third-order valence-corrected chi connectivity index (χ3v) is 1.48. The number of aromatic nitrogens is 1. The monoisotopic (exact) mass is 184 g/mol. The lowest BCUT2D eigenvalue weighted by Gasteiger charge is -1.98. The van der Waals surface area contributed by atoms with Crippen molar-refractivity contribution in [2.45, 2.75) is 13.5 Å². The Morgan fingerprint density at radius 2 is 2.38 bits per heavy atom. The normalized spacial score (nSPS) is 9.62. The predicted octanol–water partition coefficient (Wildman–Crippen LogP) is -0.316. The minimum absolute atomic E-state index is 0.112. The number of nitrogens with zero attached hydrogens (tertiary/aromatic N) is 1. The summed E-state index contributed by atoms with van der Waals surface area (Å²) in [5.74, 6) is -2.55. The third kappa shape index (κ3) is 2.29. The molecule has 0 bridgehead atoms. The number of hydrogen-bond acceptors (Lipinski definition) is 4. The first-order valence-electron chi connectivity index (χ1n) is 3.52. The van der Waals surface area contributed by atoms with Crippen molar-refractivity contribution in [3.63, 3.8) is 0 Å². The van der Waals surface area contributed by atoms with Crippen LogP contribution >= 0.6 is 0 Å². The maximum Gasteiger partial charge on any atom is 0.394 e. The molecule has 0 radical (unpaired) electrons. The van der Waals surface area contributed by atoms with Crippen molar-refractivity contribution in [2.75, 3.05) is 0 Å². The Morgan fingerprint density at radius 1 is 1.69 bits per heavy atom. The second kappa shape index (κ2) is 3.70. The van der Waals surface area contributed by atoms with E-state index in [0.29, 0.717) is 11.3 Å². The first-order chi connectivity index (χ1) is 6.11. The molecule has 1 aromatic heterocycles. The van der Waals surface area contributed by atoms with Crippen LogP contribution < -0.4 is 5.32 Å². The molecule has 6 heteroatoms. The van der Waals surface area contributed by atoms with Gasteiger partial charge < -0.3 is 14.9 Å². The van der Waals surface area contributed by atoms with Gasteiger partial charge >= 0.3 is 11.9 Å². The summed E-state index contributed by atoms with van der Waals surface area (Å²) in [6.07, 6.45) is 1.36. The maximum absolute atomic E-state index is 10.6. The van der Waals surface area contributed by atoms with Gasteiger partial charge in [0, 0.05) is 12.1 Å². The van der Waals surface area contributed by atoms with Crippen LogP contribution in [0.15, 0.2) is 10.8 Å². The fourth-order valence-electron chi connectivity index (χ4n) is 0.734. The van der Waals surface area contributed by atoms with Crippen LogP contribution in [0.1, 0.15) is 11.3 Å². The Hall–Kier alpha value is -1.85. The summed E-state index contributed by atoms with van der Waals surface area (Å²) in [4.78, 5) is 20.7. The van der Waals surface area contributed by atoms with Crippen molar-refractivity contribution < 1.29 is 19.2 Å². The Kier molecular flexibility index (Phi) is 2.63.